The van der Waals surface area contributed by atoms with Gasteiger partial charge in [0.1, 0.15) is 23.1 Å². The third kappa shape index (κ3) is 6.23. The summed E-state index contributed by atoms with van der Waals surface area (Å²) in [6.07, 6.45) is 5.51. The summed E-state index contributed by atoms with van der Waals surface area (Å²) < 4.78 is 10.9. The fourth-order valence-corrected chi connectivity index (χ4v) is 4.26. The first-order valence-corrected chi connectivity index (χ1v) is 11.4. The highest BCUT2D eigenvalue weighted by Gasteiger charge is 2.37. The van der Waals surface area contributed by atoms with Gasteiger partial charge in [0, 0.05) is 12.8 Å². The van der Waals surface area contributed by atoms with E-state index in [1.807, 2.05) is 12.1 Å². The standard InChI is InChI=1S/C24H34N6O3/c1-17-15-32-12-11-30(17)21-14-18(24(16-26)8-5-6-9-24)13-20(28-21)27-19(7-10-25)29-22(31)33-23(2,3)4/h7,10,13-14,17,25H,5-6,8-9,11-12,15H2,1-4H3,(H,27,28)(H,29,31)/b19-7-,25-10?. The molecule has 1 saturated carbocycles. The zero-order valence-corrected chi connectivity index (χ0v) is 19.9. The van der Waals surface area contributed by atoms with Crippen LogP contribution in [0.1, 0.15) is 58.9 Å². The largest absolute Gasteiger partial charge is 0.444 e. The molecule has 3 N–H and O–H groups in total. The number of pyridine rings is 1. The van der Waals surface area contributed by atoms with Crippen molar-refractivity contribution < 1.29 is 14.3 Å². The van der Waals surface area contributed by atoms with Gasteiger partial charge < -0.3 is 25.1 Å². The van der Waals surface area contributed by atoms with Gasteiger partial charge in [0.2, 0.25) is 0 Å². The van der Waals surface area contributed by atoms with Crippen molar-refractivity contribution in [1.29, 1.82) is 10.7 Å². The maximum atomic E-state index is 12.3. The Hall–Kier alpha value is -3.12. The van der Waals surface area contributed by atoms with Crippen LogP contribution in [0, 0.1) is 16.7 Å². The molecule has 0 spiro atoms. The Morgan fingerprint density at radius 3 is 2.73 bits per heavy atom. The molecule has 1 atom stereocenters. The molecule has 2 fully saturated rings. The number of nitriles is 1. The number of nitrogens with zero attached hydrogens (tertiary/aromatic N) is 3. The van der Waals surface area contributed by atoms with Crippen molar-refractivity contribution in [3.05, 3.63) is 29.6 Å². The number of hydrogen-bond donors (Lipinski definition) is 3. The molecule has 2 aliphatic rings. The summed E-state index contributed by atoms with van der Waals surface area (Å²) in [5.41, 5.74) is -0.285. The highest BCUT2D eigenvalue weighted by Crippen LogP contribution is 2.42. The number of rotatable bonds is 6. The van der Waals surface area contributed by atoms with Crippen LogP contribution in [0.25, 0.3) is 0 Å². The smallest absolute Gasteiger partial charge is 0.413 e. The van der Waals surface area contributed by atoms with Gasteiger partial charge in [0.15, 0.2) is 0 Å². The van der Waals surface area contributed by atoms with E-state index >= 15 is 0 Å². The Labute approximate surface area is 195 Å². The summed E-state index contributed by atoms with van der Waals surface area (Å²) in [4.78, 5) is 19.3. The third-order valence-electron chi connectivity index (χ3n) is 5.85. The molecular weight excluding hydrogens is 420 g/mol. The first kappa shape index (κ1) is 24.5. The van der Waals surface area contributed by atoms with Crippen LogP contribution in [-0.4, -0.2) is 48.7 Å². The second-order valence-electron chi connectivity index (χ2n) is 9.62. The van der Waals surface area contributed by atoms with E-state index < -0.39 is 17.1 Å². The van der Waals surface area contributed by atoms with E-state index in [1.54, 1.807) is 20.8 Å². The average molecular weight is 455 g/mol. The predicted octanol–water partition coefficient (Wildman–Crippen LogP) is 4.07. The lowest BCUT2D eigenvalue weighted by Gasteiger charge is -2.35. The topological polar surface area (TPSA) is 123 Å². The minimum absolute atomic E-state index is 0.146. The first-order valence-electron chi connectivity index (χ1n) is 11.4. The van der Waals surface area contributed by atoms with E-state index in [9.17, 15) is 10.1 Å². The molecular formula is C24H34N6O3. The molecule has 1 aromatic heterocycles. The van der Waals surface area contributed by atoms with Gasteiger partial charge in [-0.25, -0.2) is 9.78 Å². The number of hydrogen-bond acceptors (Lipinski definition) is 8. The number of carbonyl (C=O) groups excluding carboxylic acids is 1. The molecule has 9 heteroatoms. The number of nitrogens with one attached hydrogen (secondary N) is 3. The molecule has 0 bridgehead atoms. The van der Waals surface area contributed by atoms with Crippen LogP contribution in [-0.2, 0) is 14.9 Å². The van der Waals surface area contributed by atoms with E-state index in [2.05, 4.69) is 28.5 Å². The lowest BCUT2D eigenvalue weighted by atomic mass is 9.80. The minimum atomic E-state index is -0.653. The van der Waals surface area contributed by atoms with Crippen molar-refractivity contribution in [2.45, 2.75) is 70.4 Å². The second kappa shape index (κ2) is 10.2. The van der Waals surface area contributed by atoms with Gasteiger partial charge in [-0.2, -0.15) is 5.26 Å². The molecule has 1 aliphatic heterocycles. The van der Waals surface area contributed by atoms with Crippen LogP contribution in [0.5, 0.6) is 0 Å². The van der Waals surface area contributed by atoms with Crippen molar-refractivity contribution in [1.82, 2.24) is 10.3 Å². The Morgan fingerprint density at radius 1 is 1.39 bits per heavy atom. The van der Waals surface area contributed by atoms with Gasteiger partial charge >= 0.3 is 6.09 Å². The van der Waals surface area contributed by atoms with Crippen LogP contribution in [0.3, 0.4) is 0 Å². The first-order chi connectivity index (χ1) is 15.7. The van der Waals surface area contributed by atoms with Crippen LogP contribution in [0.15, 0.2) is 24.0 Å². The van der Waals surface area contributed by atoms with Crippen molar-refractivity contribution in [3.8, 4) is 6.07 Å². The normalized spacial score (nSPS) is 20.6. The quantitative estimate of drug-likeness (QED) is 0.554. The number of morpholine rings is 1. The van der Waals surface area contributed by atoms with E-state index in [0.717, 1.165) is 43.3 Å². The van der Waals surface area contributed by atoms with E-state index in [-0.39, 0.29) is 11.9 Å². The lowest BCUT2D eigenvalue weighted by molar-refractivity contribution is 0.0547. The van der Waals surface area contributed by atoms with Crippen LogP contribution >= 0.6 is 0 Å². The van der Waals surface area contributed by atoms with E-state index in [0.29, 0.717) is 25.6 Å². The average Bonchev–Trinajstić information content (AvgIpc) is 3.23. The van der Waals surface area contributed by atoms with Crippen molar-refractivity contribution in [2.75, 3.05) is 30.0 Å². The molecule has 1 aliphatic carbocycles. The zero-order valence-electron chi connectivity index (χ0n) is 19.9. The highest BCUT2D eigenvalue weighted by atomic mass is 16.6. The molecule has 1 saturated heterocycles. The fourth-order valence-electron chi connectivity index (χ4n) is 4.26. The molecule has 1 amide bonds. The fraction of sp³-hybridized carbons (Fsp3) is 0.583. The maximum Gasteiger partial charge on any atom is 0.413 e. The summed E-state index contributed by atoms with van der Waals surface area (Å²) in [6.45, 7) is 9.35. The molecule has 33 heavy (non-hydrogen) atoms. The number of allylic oxidation sites excluding steroid dienone is 1. The lowest BCUT2D eigenvalue weighted by Crippen LogP contribution is -2.44. The van der Waals surface area contributed by atoms with Gasteiger partial charge in [-0.1, -0.05) is 12.8 Å². The second-order valence-corrected chi connectivity index (χ2v) is 9.62. The van der Waals surface area contributed by atoms with Crippen LogP contribution in [0.2, 0.25) is 0 Å². The molecule has 9 nitrogen and oxygen atoms in total. The molecule has 1 aromatic rings. The van der Waals surface area contributed by atoms with E-state index in [1.165, 1.54) is 6.08 Å². The summed E-state index contributed by atoms with van der Waals surface area (Å²) in [5.74, 6) is 1.52. The SMILES string of the molecule is CC1COCCN1c1cc(C2(C#N)CCCC2)cc(N/C(=C/C=N)NC(=O)OC(C)(C)C)n1. The molecule has 3 rings (SSSR count). The molecule has 2 heterocycles. The number of alkyl carbamates (subject to hydrolysis) is 1. The van der Waals surface area contributed by atoms with Crippen molar-refractivity contribution in [3.63, 3.8) is 0 Å². The van der Waals surface area contributed by atoms with Crippen molar-refractivity contribution in [2.24, 2.45) is 0 Å². The van der Waals surface area contributed by atoms with Crippen LogP contribution < -0.4 is 15.5 Å². The summed E-state index contributed by atoms with van der Waals surface area (Å²) >= 11 is 0. The Kier molecular flexibility index (Phi) is 7.59. The van der Waals surface area contributed by atoms with Gasteiger partial charge in [0.05, 0.1) is 30.7 Å². The number of amides is 1. The number of aromatic nitrogens is 1. The number of carbonyl (C=O) groups is 1. The number of ether oxygens (including phenoxy) is 2. The maximum absolute atomic E-state index is 12.3. The summed E-state index contributed by atoms with van der Waals surface area (Å²) in [6, 6.07) is 6.59. The summed E-state index contributed by atoms with van der Waals surface area (Å²) in [7, 11) is 0. The van der Waals surface area contributed by atoms with Crippen LogP contribution in [0.4, 0.5) is 16.4 Å². The molecule has 0 radical (unpaired) electrons. The van der Waals surface area contributed by atoms with Gasteiger partial charge in [-0.3, -0.25) is 5.32 Å². The van der Waals surface area contributed by atoms with Crippen molar-refractivity contribution >= 4 is 23.9 Å². The van der Waals surface area contributed by atoms with Gasteiger partial charge in [0.25, 0.3) is 0 Å². The minimum Gasteiger partial charge on any atom is -0.444 e. The predicted molar refractivity (Wildman–Crippen MR) is 127 cm³/mol. The summed E-state index contributed by atoms with van der Waals surface area (Å²) in [5, 5.41) is 23.3. The Morgan fingerprint density at radius 2 is 2.12 bits per heavy atom. The monoisotopic (exact) mass is 454 g/mol. The zero-order chi connectivity index (χ0) is 24.1. The molecule has 0 aromatic carbocycles. The number of anilines is 2. The van der Waals surface area contributed by atoms with Gasteiger partial charge in [-0.15, -0.1) is 0 Å². The van der Waals surface area contributed by atoms with Gasteiger partial charge in [-0.05, 0) is 64.3 Å². The Bertz CT molecular complexity index is 940. The van der Waals surface area contributed by atoms with E-state index in [4.69, 9.17) is 19.9 Å². The molecule has 1 unspecified atom stereocenters. The third-order valence-corrected chi connectivity index (χ3v) is 5.85. The Balaban J connectivity index is 1.95. The highest BCUT2D eigenvalue weighted by molar-refractivity contribution is 5.76. The molecule has 178 valence electrons.